The molecule has 0 heterocycles. The van der Waals surface area contributed by atoms with Crippen LogP contribution in [-0.4, -0.2) is 26.2 Å². The molecule has 0 aliphatic heterocycles. The maximum absolute atomic E-state index is 5.41. The highest BCUT2D eigenvalue weighted by Crippen LogP contribution is 2.00. The van der Waals surface area contributed by atoms with Crippen LogP contribution in [0, 0.1) is 0 Å². The molecule has 0 amide bonds. The highest BCUT2D eigenvalue weighted by Gasteiger charge is 1.90. The van der Waals surface area contributed by atoms with Crippen LogP contribution in [0.5, 0.6) is 0 Å². The minimum Gasteiger partial charge on any atom is -0.330 e. The Balaban J connectivity index is 2.78. The molecule has 0 aliphatic rings. The van der Waals surface area contributed by atoms with Gasteiger partial charge in [-0.1, -0.05) is 19.3 Å². The molecule has 0 radical (unpaired) electrons. The van der Waals surface area contributed by atoms with E-state index < -0.39 is 0 Å². The fourth-order valence-corrected chi connectivity index (χ4v) is 1.44. The highest BCUT2D eigenvalue weighted by atomic mass is 14.8. The molecule has 0 bridgehead atoms. The molecule has 14 heavy (non-hydrogen) atoms. The van der Waals surface area contributed by atoms with Gasteiger partial charge < -0.3 is 16.8 Å². The average molecular weight is 201 g/mol. The van der Waals surface area contributed by atoms with Crippen molar-refractivity contribution in [1.29, 1.82) is 0 Å². The van der Waals surface area contributed by atoms with E-state index in [0.717, 1.165) is 32.6 Å². The van der Waals surface area contributed by atoms with Gasteiger partial charge in [0.05, 0.1) is 0 Å². The first kappa shape index (κ1) is 13.9. The molecule has 0 spiro atoms. The van der Waals surface area contributed by atoms with E-state index >= 15 is 0 Å². The van der Waals surface area contributed by atoms with E-state index in [1.165, 1.54) is 38.5 Å². The topological polar surface area (TPSA) is 64.1 Å². The minimum atomic E-state index is 0.820. The second kappa shape index (κ2) is 12.9. The number of nitrogens with two attached hydrogens (primary N) is 2. The van der Waals surface area contributed by atoms with Gasteiger partial charge in [0.1, 0.15) is 0 Å². The van der Waals surface area contributed by atoms with Crippen LogP contribution < -0.4 is 16.8 Å². The van der Waals surface area contributed by atoms with E-state index in [9.17, 15) is 0 Å². The Morgan fingerprint density at radius 2 is 1.00 bits per heavy atom. The zero-order valence-electron chi connectivity index (χ0n) is 9.43. The first-order valence-electron chi connectivity index (χ1n) is 6.02. The standard InChI is InChI=1S/C11H27N3/c12-8-4-2-1-3-6-10-14-11-7-5-9-13/h14H,1-13H2. The van der Waals surface area contributed by atoms with Crippen LogP contribution in [0.4, 0.5) is 0 Å². The molecule has 0 atom stereocenters. The maximum Gasteiger partial charge on any atom is -0.00484 e. The zero-order chi connectivity index (χ0) is 10.5. The van der Waals surface area contributed by atoms with E-state index in [-0.39, 0.29) is 0 Å². The van der Waals surface area contributed by atoms with Crippen LogP contribution in [0.2, 0.25) is 0 Å². The summed E-state index contributed by atoms with van der Waals surface area (Å²) in [6.07, 6.45) is 8.81. The van der Waals surface area contributed by atoms with Gasteiger partial charge in [-0.25, -0.2) is 0 Å². The van der Waals surface area contributed by atoms with Gasteiger partial charge >= 0.3 is 0 Å². The van der Waals surface area contributed by atoms with Gasteiger partial charge in [0.25, 0.3) is 0 Å². The summed E-state index contributed by atoms with van der Waals surface area (Å²) in [5.41, 5.74) is 10.8. The Labute approximate surface area is 88.6 Å². The van der Waals surface area contributed by atoms with Crippen LogP contribution >= 0.6 is 0 Å². The van der Waals surface area contributed by atoms with Crippen molar-refractivity contribution < 1.29 is 0 Å². The van der Waals surface area contributed by atoms with Crippen molar-refractivity contribution in [3.05, 3.63) is 0 Å². The first-order chi connectivity index (χ1) is 6.91. The number of unbranched alkanes of at least 4 members (excludes halogenated alkanes) is 5. The van der Waals surface area contributed by atoms with E-state index in [4.69, 9.17) is 11.5 Å². The Kier molecular flexibility index (Phi) is 12.8. The minimum absolute atomic E-state index is 0.820. The van der Waals surface area contributed by atoms with E-state index in [1.54, 1.807) is 0 Å². The number of nitrogens with one attached hydrogen (secondary N) is 1. The summed E-state index contributed by atoms with van der Waals surface area (Å²) in [5.74, 6) is 0. The van der Waals surface area contributed by atoms with Crippen LogP contribution in [0.1, 0.15) is 44.9 Å². The van der Waals surface area contributed by atoms with E-state index in [1.807, 2.05) is 0 Å². The van der Waals surface area contributed by atoms with Gasteiger partial charge in [-0.05, 0) is 51.9 Å². The Morgan fingerprint density at radius 3 is 1.64 bits per heavy atom. The molecule has 3 nitrogen and oxygen atoms in total. The number of rotatable bonds is 11. The molecule has 3 heteroatoms. The summed E-state index contributed by atoms with van der Waals surface area (Å²) >= 11 is 0. The van der Waals surface area contributed by atoms with Crippen molar-refractivity contribution in [2.75, 3.05) is 26.2 Å². The summed E-state index contributed by atoms with van der Waals surface area (Å²) in [4.78, 5) is 0. The molecule has 0 unspecified atom stereocenters. The highest BCUT2D eigenvalue weighted by molar-refractivity contribution is 4.51. The molecule has 0 saturated carbocycles. The summed E-state index contributed by atoms with van der Waals surface area (Å²) in [6.45, 7) is 3.95. The van der Waals surface area contributed by atoms with Crippen LogP contribution in [0.15, 0.2) is 0 Å². The van der Waals surface area contributed by atoms with Crippen molar-refractivity contribution in [3.63, 3.8) is 0 Å². The molecule has 5 N–H and O–H groups in total. The smallest absolute Gasteiger partial charge is 0.00484 e. The summed E-state index contributed by atoms with van der Waals surface area (Å²) in [6, 6.07) is 0. The second-order valence-corrected chi connectivity index (χ2v) is 3.80. The molecule has 0 aliphatic carbocycles. The largest absolute Gasteiger partial charge is 0.330 e. The summed E-state index contributed by atoms with van der Waals surface area (Å²) < 4.78 is 0. The van der Waals surface area contributed by atoms with Crippen LogP contribution in [0.3, 0.4) is 0 Å². The Morgan fingerprint density at radius 1 is 0.571 bits per heavy atom. The first-order valence-corrected chi connectivity index (χ1v) is 6.02. The predicted octanol–water partition coefficient (Wildman–Crippen LogP) is 1.22. The second-order valence-electron chi connectivity index (χ2n) is 3.80. The number of hydrogen-bond donors (Lipinski definition) is 3. The zero-order valence-corrected chi connectivity index (χ0v) is 9.43. The third-order valence-electron chi connectivity index (χ3n) is 2.37. The van der Waals surface area contributed by atoms with Gasteiger partial charge in [-0.3, -0.25) is 0 Å². The fraction of sp³-hybridized carbons (Fsp3) is 1.00. The SMILES string of the molecule is NCCCCCCCNCCCCN. The predicted molar refractivity (Wildman–Crippen MR) is 63.3 cm³/mol. The lowest BCUT2D eigenvalue weighted by Gasteiger charge is -2.03. The quantitative estimate of drug-likeness (QED) is 0.440. The van der Waals surface area contributed by atoms with Gasteiger partial charge in [0.15, 0.2) is 0 Å². The Bertz CT molecular complexity index is 84.5. The molecule has 0 aromatic heterocycles. The lowest BCUT2D eigenvalue weighted by molar-refractivity contribution is 0.564. The van der Waals surface area contributed by atoms with Crippen molar-refractivity contribution in [3.8, 4) is 0 Å². The molecular weight excluding hydrogens is 174 g/mol. The fourth-order valence-electron chi connectivity index (χ4n) is 1.44. The van der Waals surface area contributed by atoms with Gasteiger partial charge in [-0.2, -0.15) is 0 Å². The van der Waals surface area contributed by atoms with Gasteiger partial charge in [-0.15, -0.1) is 0 Å². The molecule has 86 valence electrons. The van der Waals surface area contributed by atoms with Gasteiger partial charge in [0, 0.05) is 0 Å². The molecule has 0 saturated heterocycles. The summed E-state index contributed by atoms with van der Waals surface area (Å²) in [5, 5.41) is 3.43. The lowest BCUT2D eigenvalue weighted by atomic mass is 10.1. The lowest BCUT2D eigenvalue weighted by Crippen LogP contribution is -2.17. The van der Waals surface area contributed by atoms with Crippen molar-refractivity contribution in [2.45, 2.75) is 44.9 Å². The van der Waals surface area contributed by atoms with Crippen molar-refractivity contribution in [1.82, 2.24) is 5.32 Å². The van der Waals surface area contributed by atoms with Crippen molar-refractivity contribution >= 4 is 0 Å². The molecule has 0 aromatic carbocycles. The molecular formula is C11H27N3. The van der Waals surface area contributed by atoms with Crippen molar-refractivity contribution in [2.24, 2.45) is 11.5 Å². The maximum atomic E-state index is 5.41. The molecule has 0 rings (SSSR count). The van der Waals surface area contributed by atoms with Crippen LogP contribution in [0.25, 0.3) is 0 Å². The molecule has 0 aromatic rings. The van der Waals surface area contributed by atoms with E-state index in [0.29, 0.717) is 0 Å². The molecule has 0 fully saturated rings. The third-order valence-corrected chi connectivity index (χ3v) is 2.37. The monoisotopic (exact) mass is 201 g/mol. The van der Waals surface area contributed by atoms with Gasteiger partial charge in [0.2, 0.25) is 0 Å². The third kappa shape index (κ3) is 11.9. The van der Waals surface area contributed by atoms with Crippen LogP contribution in [-0.2, 0) is 0 Å². The van der Waals surface area contributed by atoms with E-state index in [2.05, 4.69) is 5.32 Å². The number of hydrogen-bond acceptors (Lipinski definition) is 3. The Hall–Kier alpha value is -0.120. The normalized spacial score (nSPS) is 10.7. The average Bonchev–Trinajstić information content (AvgIpc) is 2.21. The summed E-state index contributed by atoms with van der Waals surface area (Å²) in [7, 11) is 0.